The molecule has 0 aliphatic rings. The highest BCUT2D eigenvalue weighted by Gasteiger charge is 2.19. The maximum absolute atomic E-state index is 8.82. The van der Waals surface area contributed by atoms with Crippen molar-refractivity contribution in [2.24, 2.45) is 0 Å². The second-order valence-corrected chi connectivity index (χ2v) is 15.4. The first-order valence-corrected chi connectivity index (χ1v) is 20.4. The summed E-state index contributed by atoms with van der Waals surface area (Å²) in [6.07, 6.45) is 0. The summed E-state index contributed by atoms with van der Waals surface area (Å²) in [6.45, 7) is 0. The fourth-order valence-electron chi connectivity index (χ4n) is 8.96. The zero-order valence-corrected chi connectivity index (χ0v) is 32.9. The van der Waals surface area contributed by atoms with Crippen molar-refractivity contribution in [3.05, 3.63) is 230 Å². The molecule has 10 aromatic carbocycles. The van der Waals surface area contributed by atoms with Crippen LogP contribution in [-0.2, 0) is 0 Å². The van der Waals surface area contributed by atoms with Gasteiger partial charge in [-0.2, -0.15) is 0 Å². The summed E-state index contributed by atoms with van der Waals surface area (Å²) in [5.74, 6) is 0. The van der Waals surface area contributed by atoms with Crippen LogP contribution < -0.4 is 4.90 Å². The Hall–Kier alpha value is -8.14. The molecule has 2 heterocycles. The molecule has 61 heavy (non-hydrogen) atoms. The molecule has 0 radical (unpaired) electrons. The van der Waals surface area contributed by atoms with Crippen molar-refractivity contribution in [2.75, 3.05) is 4.90 Å². The largest absolute Gasteiger partial charge is 0.456 e. The van der Waals surface area contributed by atoms with Gasteiger partial charge in [0, 0.05) is 44.3 Å². The van der Waals surface area contributed by atoms with Gasteiger partial charge in [-0.1, -0.05) is 146 Å². The number of nitrogens with zero attached hydrogens (tertiary/aromatic N) is 2. The molecule has 0 fully saturated rings. The van der Waals surface area contributed by atoms with Crippen LogP contribution in [0.25, 0.3) is 93.6 Å². The molecule has 0 aliphatic carbocycles. The first kappa shape index (κ1) is 30.0. The van der Waals surface area contributed by atoms with Gasteiger partial charge in [-0.05, 0) is 129 Å². The Balaban J connectivity index is 1.00. The number of para-hydroxylation sites is 2. The number of anilines is 3. The molecule has 0 saturated carbocycles. The Labute approximate surface area is 360 Å². The minimum absolute atomic E-state index is 0.131. The van der Waals surface area contributed by atoms with Crippen LogP contribution in [0.3, 0.4) is 0 Å². The normalized spacial score (nSPS) is 12.8. The van der Waals surface area contributed by atoms with E-state index in [2.05, 4.69) is 157 Å². The van der Waals surface area contributed by atoms with Crippen LogP contribution >= 0.6 is 0 Å². The van der Waals surface area contributed by atoms with Crippen LogP contribution in [0.4, 0.5) is 17.1 Å². The Kier molecular flexibility index (Phi) is 7.03. The van der Waals surface area contributed by atoms with Gasteiger partial charge in [-0.25, -0.2) is 0 Å². The van der Waals surface area contributed by atoms with Gasteiger partial charge in [0.05, 0.1) is 17.9 Å². The lowest BCUT2D eigenvalue weighted by molar-refractivity contribution is 0.669. The molecule has 286 valence electrons. The number of benzene rings is 10. The molecule has 0 N–H and O–H groups in total. The lowest BCUT2D eigenvalue weighted by Gasteiger charge is -2.26. The Morgan fingerprint density at radius 3 is 1.59 bits per heavy atom. The summed E-state index contributed by atoms with van der Waals surface area (Å²) in [4.78, 5) is 2.30. The average Bonchev–Trinajstić information content (AvgIpc) is 3.91. The maximum atomic E-state index is 8.82. The molecular formula is C58H38N2O. The second-order valence-electron chi connectivity index (χ2n) is 15.4. The predicted molar refractivity (Wildman–Crippen MR) is 257 cm³/mol. The van der Waals surface area contributed by atoms with Crippen molar-refractivity contribution < 1.29 is 11.3 Å². The molecule has 0 unspecified atom stereocenters. The van der Waals surface area contributed by atoms with Crippen LogP contribution in [0.5, 0.6) is 0 Å². The minimum Gasteiger partial charge on any atom is -0.456 e. The second kappa shape index (κ2) is 14.3. The molecule has 3 heteroatoms. The van der Waals surface area contributed by atoms with Gasteiger partial charge in [-0.15, -0.1) is 0 Å². The van der Waals surface area contributed by atoms with E-state index in [0.717, 1.165) is 93.8 Å². The molecular weight excluding hydrogens is 741 g/mol. The van der Waals surface area contributed by atoms with Crippen molar-refractivity contribution in [1.29, 1.82) is 0 Å². The topological polar surface area (TPSA) is 21.3 Å². The Bertz CT molecular complexity index is 3750. The molecule has 12 aromatic rings. The fraction of sp³-hybridized carbons (Fsp3) is 0. The molecule has 0 spiro atoms. The van der Waals surface area contributed by atoms with Crippen molar-refractivity contribution in [3.8, 4) is 39.1 Å². The predicted octanol–water partition coefficient (Wildman–Crippen LogP) is 16.3. The van der Waals surface area contributed by atoms with Crippen LogP contribution in [0.2, 0.25) is 0 Å². The number of hydrogen-bond acceptors (Lipinski definition) is 2. The molecule has 0 amide bonds. The quantitative estimate of drug-likeness (QED) is 0.161. The van der Waals surface area contributed by atoms with E-state index in [-0.39, 0.29) is 29.9 Å². The van der Waals surface area contributed by atoms with Gasteiger partial charge in [0.25, 0.3) is 0 Å². The highest BCUT2D eigenvalue weighted by atomic mass is 16.3. The third-order valence-electron chi connectivity index (χ3n) is 11.9. The average molecular weight is 784 g/mol. The van der Waals surface area contributed by atoms with Crippen molar-refractivity contribution in [2.45, 2.75) is 0 Å². The van der Waals surface area contributed by atoms with E-state index in [0.29, 0.717) is 0 Å². The Morgan fingerprint density at radius 1 is 0.377 bits per heavy atom. The summed E-state index contributed by atoms with van der Waals surface area (Å²) < 4.78 is 51.1. The van der Waals surface area contributed by atoms with Crippen LogP contribution in [-0.4, -0.2) is 4.57 Å². The van der Waals surface area contributed by atoms with Crippen molar-refractivity contribution >= 4 is 71.6 Å². The lowest BCUT2D eigenvalue weighted by Crippen LogP contribution is -2.09. The molecule has 3 nitrogen and oxygen atoms in total. The van der Waals surface area contributed by atoms with E-state index < -0.39 is 6.04 Å². The Morgan fingerprint density at radius 2 is 0.902 bits per heavy atom. The first-order chi connectivity index (χ1) is 32.3. The van der Waals surface area contributed by atoms with Gasteiger partial charge < -0.3 is 13.9 Å². The van der Waals surface area contributed by atoms with E-state index >= 15 is 0 Å². The zero-order valence-electron chi connectivity index (χ0n) is 37.9. The lowest BCUT2D eigenvalue weighted by atomic mass is 9.97. The fourth-order valence-corrected chi connectivity index (χ4v) is 8.96. The van der Waals surface area contributed by atoms with Crippen molar-refractivity contribution in [1.82, 2.24) is 4.57 Å². The van der Waals surface area contributed by atoms with Crippen LogP contribution in [0, 0.1) is 0 Å². The van der Waals surface area contributed by atoms with E-state index in [4.69, 9.17) is 11.3 Å². The van der Waals surface area contributed by atoms with E-state index in [1.54, 1.807) is 4.57 Å². The molecule has 0 atom stereocenters. The number of aromatic nitrogens is 1. The molecule has 0 bridgehead atoms. The molecule has 2 aromatic heterocycles. The van der Waals surface area contributed by atoms with Gasteiger partial charge in [0.15, 0.2) is 0 Å². The summed E-state index contributed by atoms with van der Waals surface area (Å²) >= 11 is 0. The minimum atomic E-state index is -0.413. The highest BCUT2D eigenvalue weighted by molar-refractivity contribution is 6.20. The van der Waals surface area contributed by atoms with Gasteiger partial charge in [0.1, 0.15) is 11.2 Å². The monoisotopic (exact) mass is 783 g/mol. The first-order valence-electron chi connectivity index (χ1n) is 22.9. The smallest absolute Gasteiger partial charge is 0.136 e. The third kappa shape index (κ3) is 5.98. The summed E-state index contributed by atoms with van der Waals surface area (Å²) in [7, 11) is 0. The van der Waals surface area contributed by atoms with Crippen LogP contribution in [0.15, 0.2) is 235 Å². The highest BCUT2D eigenvalue weighted by Crippen LogP contribution is 2.43. The van der Waals surface area contributed by atoms with E-state index in [1.807, 2.05) is 48.5 Å². The van der Waals surface area contributed by atoms with Gasteiger partial charge >= 0.3 is 0 Å². The summed E-state index contributed by atoms with van der Waals surface area (Å²) in [5, 5.41) is 6.03. The molecule has 0 saturated heterocycles. The number of fused-ring (bicyclic) bond motifs is 8. The summed E-state index contributed by atoms with van der Waals surface area (Å²) in [5.41, 5.74) is 12.9. The number of rotatable bonds is 7. The van der Waals surface area contributed by atoms with Gasteiger partial charge in [-0.3, -0.25) is 0 Å². The molecule has 0 aliphatic heterocycles. The van der Waals surface area contributed by atoms with Crippen molar-refractivity contribution in [3.63, 3.8) is 0 Å². The van der Waals surface area contributed by atoms with Gasteiger partial charge in [0.2, 0.25) is 0 Å². The zero-order chi connectivity index (χ0) is 44.6. The van der Waals surface area contributed by atoms with E-state index in [1.165, 1.54) is 11.1 Å². The SMILES string of the molecule is [2H]c1c([2H])c([2H])c(-n2c3ccccc3c3cc(-c4ccc5ccc6oc7ccc(N(c8ccc(-c9ccccc9)cc8)c8ccc(-c9ccccc9)cc8)cc7c6c5c4)ccc32)c([2H])c1[2H]. The third-order valence-corrected chi connectivity index (χ3v) is 11.9. The van der Waals surface area contributed by atoms with E-state index in [9.17, 15) is 0 Å². The number of furan rings is 1. The standard InChI is InChI=1S/C58H38N2O/c1-4-12-39(13-5-1)41-22-28-47(29-23-41)59(48-30-24-42(25-31-48)40-14-6-2-7-15-40)49-32-35-56-53(38-49)58-51-36-44(21-20-43(51)27-34-57(58)61-56)45-26-33-55-52(37-45)50-18-10-11-19-54(50)60(55)46-16-8-3-9-17-46/h1-38H/i3D,8D,9D,16D,17D. The van der Waals surface area contributed by atoms with Crippen LogP contribution in [0.1, 0.15) is 6.85 Å². The molecule has 12 rings (SSSR count). The maximum Gasteiger partial charge on any atom is 0.136 e. The number of hydrogen-bond donors (Lipinski definition) is 0. The summed E-state index contributed by atoms with van der Waals surface area (Å²) in [6, 6.07) is 67.8.